The second-order valence-electron chi connectivity index (χ2n) is 6.28. The number of carbonyl (C=O) groups excluding carboxylic acids is 2. The van der Waals surface area contributed by atoms with E-state index in [4.69, 9.17) is 4.74 Å². The van der Waals surface area contributed by atoms with Gasteiger partial charge in [0.05, 0.1) is 17.8 Å². The number of carbonyl (C=O) groups is 2. The topological polar surface area (TPSA) is 84.4 Å². The molecule has 1 aliphatic heterocycles. The molecule has 0 unspecified atom stereocenters. The zero-order chi connectivity index (χ0) is 18.4. The van der Waals surface area contributed by atoms with Crippen molar-refractivity contribution in [3.05, 3.63) is 0 Å². The van der Waals surface area contributed by atoms with Crippen LogP contribution in [0.25, 0.3) is 0 Å². The van der Waals surface area contributed by atoms with Crippen LogP contribution in [0.4, 0.5) is 5.13 Å². The number of ether oxygens (including phenoxy) is 1. The standard InChI is InChI=1S/C16H26N4O3S2/c1-5-23-14(22)12-6-8-20(9-7-12)13(21)11(4)24-16-19-18-15(25-16)17-10(2)3/h10-12H,5-9H2,1-4H3,(H,17,18)/t11-/m1/s1. The van der Waals surface area contributed by atoms with E-state index >= 15 is 0 Å². The summed E-state index contributed by atoms with van der Waals surface area (Å²) >= 11 is 2.89. The summed E-state index contributed by atoms with van der Waals surface area (Å²) in [6.45, 7) is 9.39. The van der Waals surface area contributed by atoms with Gasteiger partial charge in [0, 0.05) is 19.1 Å². The molecule has 1 saturated heterocycles. The molecule has 0 bridgehead atoms. The molecule has 1 atom stereocenters. The van der Waals surface area contributed by atoms with Gasteiger partial charge in [-0.25, -0.2) is 0 Å². The Morgan fingerprint density at radius 1 is 1.32 bits per heavy atom. The van der Waals surface area contributed by atoms with Crippen LogP contribution in [0.1, 0.15) is 40.5 Å². The quantitative estimate of drug-likeness (QED) is 0.569. The third-order valence-corrected chi connectivity index (χ3v) is 5.90. The normalized spacial score (nSPS) is 16.8. The number of piperidine rings is 1. The van der Waals surface area contributed by atoms with E-state index in [2.05, 4.69) is 15.5 Å². The van der Waals surface area contributed by atoms with Crippen molar-refractivity contribution in [1.82, 2.24) is 15.1 Å². The van der Waals surface area contributed by atoms with Crippen LogP contribution in [0.2, 0.25) is 0 Å². The molecule has 0 spiro atoms. The van der Waals surface area contributed by atoms with Crippen molar-refractivity contribution in [1.29, 1.82) is 0 Å². The SMILES string of the molecule is CCOC(=O)C1CCN(C(=O)[C@@H](C)Sc2nnc(NC(C)C)s2)CC1. The van der Waals surface area contributed by atoms with E-state index in [-0.39, 0.29) is 23.0 Å². The number of thioether (sulfide) groups is 1. The molecule has 140 valence electrons. The highest BCUT2D eigenvalue weighted by Gasteiger charge is 2.30. The number of anilines is 1. The van der Waals surface area contributed by atoms with Gasteiger partial charge in [-0.2, -0.15) is 0 Å². The molecule has 7 nitrogen and oxygen atoms in total. The minimum Gasteiger partial charge on any atom is -0.466 e. The molecule has 1 aromatic rings. The molecule has 1 amide bonds. The second-order valence-corrected chi connectivity index (χ2v) is 8.85. The van der Waals surface area contributed by atoms with E-state index in [1.54, 1.807) is 0 Å². The molecular weight excluding hydrogens is 360 g/mol. The van der Waals surface area contributed by atoms with Gasteiger partial charge in [-0.3, -0.25) is 9.59 Å². The van der Waals surface area contributed by atoms with E-state index in [1.165, 1.54) is 23.1 Å². The summed E-state index contributed by atoms with van der Waals surface area (Å²) in [6, 6.07) is 0.297. The third-order valence-electron chi connectivity index (χ3n) is 3.87. The highest BCUT2D eigenvalue weighted by molar-refractivity contribution is 8.02. The fourth-order valence-electron chi connectivity index (χ4n) is 2.62. The van der Waals surface area contributed by atoms with Crippen LogP contribution in [0.3, 0.4) is 0 Å². The first-order chi connectivity index (χ1) is 11.9. The lowest BCUT2D eigenvalue weighted by molar-refractivity contribution is -0.151. The van der Waals surface area contributed by atoms with Crippen LogP contribution in [0, 0.1) is 5.92 Å². The summed E-state index contributed by atoms with van der Waals surface area (Å²) in [7, 11) is 0. The fraction of sp³-hybridized carbons (Fsp3) is 0.750. The van der Waals surface area contributed by atoms with Crippen molar-refractivity contribution in [2.45, 2.75) is 56.2 Å². The molecule has 2 rings (SSSR count). The first-order valence-corrected chi connectivity index (χ1v) is 10.3. The zero-order valence-corrected chi connectivity index (χ0v) is 16.8. The van der Waals surface area contributed by atoms with Crippen LogP contribution in [-0.4, -0.2) is 58.0 Å². The predicted molar refractivity (Wildman–Crippen MR) is 99.9 cm³/mol. The number of rotatable bonds is 7. The number of amides is 1. The van der Waals surface area contributed by atoms with Gasteiger partial charge in [-0.05, 0) is 40.5 Å². The lowest BCUT2D eigenvalue weighted by Gasteiger charge is -2.32. The van der Waals surface area contributed by atoms with E-state index < -0.39 is 0 Å². The molecular formula is C16H26N4O3S2. The molecule has 1 aromatic heterocycles. The van der Waals surface area contributed by atoms with Gasteiger partial charge in [0.25, 0.3) is 0 Å². The minimum atomic E-state index is -0.223. The summed E-state index contributed by atoms with van der Waals surface area (Å²) in [5.74, 6) is -0.142. The number of hydrogen-bond acceptors (Lipinski definition) is 8. The van der Waals surface area contributed by atoms with Gasteiger partial charge >= 0.3 is 5.97 Å². The Bertz CT molecular complexity index is 586. The van der Waals surface area contributed by atoms with Crippen molar-refractivity contribution >= 4 is 40.1 Å². The number of nitrogens with one attached hydrogen (secondary N) is 1. The Kier molecular flexibility index (Phi) is 7.49. The average molecular weight is 387 g/mol. The summed E-state index contributed by atoms with van der Waals surface area (Å²) in [6.07, 6.45) is 1.34. The number of hydrogen-bond donors (Lipinski definition) is 1. The van der Waals surface area contributed by atoms with Crippen molar-refractivity contribution in [3.63, 3.8) is 0 Å². The van der Waals surface area contributed by atoms with Crippen LogP contribution >= 0.6 is 23.1 Å². The Morgan fingerprint density at radius 3 is 2.60 bits per heavy atom. The Morgan fingerprint density at radius 2 is 2.00 bits per heavy atom. The number of nitrogens with zero attached hydrogens (tertiary/aromatic N) is 3. The van der Waals surface area contributed by atoms with E-state index in [1.807, 2.05) is 32.6 Å². The molecule has 2 heterocycles. The smallest absolute Gasteiger partial charge is 0.309 e. The molecule has 0 aromatic carbocycles. The molecule has 0 radical (unpaired) electrons. The minimum absolute atomic E-state index is 0.0835. The summed E-state index contributed by atoms with van der Waals surface area (Å²) in [5, 5.41) is 12.0. The first kappa shape index (κ1) is 20.0. The third kappa shape index (κ3) is 5.85. The molecule has 0 saturated carbocycles. The number of aromatic nitrogens is 2. The molecule has 1 N–H and O–H groups in total. The van der Waals surface area contributed by atoms with E-state index in [9.17, 15) is 9.59 Å². The summed E-state index contributed by atoms with van der Waals surface area (Å²) in [5.41, 5.74) is 0. The Labute approximate surface area is 156 Å². The van der Waals surface area contributed by atoms with Gasteiger partial charge in [0.15, 0.2) is 4.34 Å². The molecule has 9 heteroatoms. The summed E-state index contributed by atoms with van der Waals surface area (Å²) < 4.78 is 5.85. The van der Waals surface area contributed by atoms with Crippen molar-refractivity contribution in [2.24, 2.45) is 5.92 Å². The first-order valence-electron chi connectivity index (χ1n) is 8.62. The lowest BCUT2D eigenvalue weighted by Crippen LogP contribution is -2.43. The van der Waals surface area contributed by atoms with Gasteiger partial charge < -0.3 is 15.0 Å². The lowest BCUT2D eigenvalue weighted by atomic mass is 9.97. The average Bonchev–Trinajstić information content (AvgIpc) is 3.00. The van der Waals surface area contributed by atoms with Gasteiger partial charge in [0.1, 0.15) is 0 Å². The highest BCUT2D eigenvalue weighted by Crippen LogP contribution is 2.30. The van der Waals surface area contributed by atoms with Crippen molar-refractivity contribution in [2.75, 3.05) is 25.0 Å². The molecule has 0 aliphatic carbocycles. The largest absolute Gasteiger partial charge is 0.466 e. The maximum Gasteiger partial charge on any atom is 0.309 e. The van der Waals surface area contributed by atoms with Crippen molar-refractivity contribution < 1.29 is 14.3 Å². The maximum atomic E-state index is 12.6. The summed E-state index contributed by atoms with van der Waals surface area (Å²) in [4.78, 5) is 26.2. The Hall–Kier alpha value is -1.35. The van der Waals surface area contributed by atoms with E-state index in [0.717, 1.165) is 9.47 Å². The zero-order valence-electron chi connectivity index (χ0n) is 15.2. The number of likely N-dealkylation sites (tertiary alicyclic amines) is 1. The van der Waals surface area contributed by atoms with Gasteiger partial charge in [-0.1, -0.05) is 23.1 Å². The molecule has 25 heavy (non-hydrogen) atoms. The van der Waals surface area contributed by atoms with Gasteiger partial charge in [0.2, 0.25) is 11.0 Å². The van der Waals surface area contributed by atoms with E-state index in [0.29, 0.717) is 38.6 Å². The molecule has 1 fully saturated rings. The molecule has 1 aliphatic rings. The van der Waals surface area contributed by atoms with Crippen LogP contribution in [0.5, 0.6) is 0 Å². The predicted octanol–water partition coefficient (Wildman–Crippen LogP) is 2.64. The number of esters is 1. The Balaban J connectivity index is 1.82. The fourth-order valence-corrected chi connectivity index (χ4v) is 4.74. The second kappa shape index (κ2) is 9.38. The van der Waals surface area contributed by atoms with Crippen LogP contribution < -0.4 is 5.32 Å². The van der Waals surface area contributed by atoms with Crippen molar-refractivity contribution in [3.8, 4) is 0 Å². The highest BCUT2D eigenvalue weighted by atomic mass is 32.2. The van der Waals surface area contributed by atoms with Crippen LogP contribution in [-0.2, 0) is 14.3 Å². The van der Waals surface area contributed by atoms with Crippen LogP contribution in [0.15, 0.2) is 4.34 Å². The van der Waals surface area contributed by atoms with Gasteiger partial charge in [-0.15, -0.1) is 10.2 Å². The monoisotopic (exact) mass is 386 g/mol. The maximum absolute atomic E-state index is 12.6.